The Balaban J connectivity index is 1.70. The van der Waals surface area contributed by atoms with Crippen molar-refractivity contribution in [2.75, 3.05) is 18.5 Å². The fraction of sp³-hybridized carbons (Fsp3) is 0.438. The van der Waals surface area contributed by atoms with E-state index in [2.05, 4.69) is 10.6 Å². The van der Waals surface area contributed by atoms with Gasteiger partial charge in [0.2, 0.25) is 5.91 Å². The molecule has 2 N–H and O–H groups in total. The lowest BCUT2D eigenvalue weighted by atomic mass is 10.1. The molecule has 1 aromatic rings. The van der Waals surface area contributed by atoms with Gasteiger partial charge in [0.05, 0.1) is 12.5 Å². The molecular formula is C16H20N2O4. The molecule has 6 heteroatoms. The third kappa shape index (κ3) is 4.87. The van der Waals surface area contributed by atoms with Crippen LogP contribution in [0.25, 0.3) is 0 Å². The SMILES string of the molecule is CCc1ccccc1NC(=O)CNC(=O)COC(=O)C1CC1. The van der Waals surface area contributed by atoms with Gasteiger partial charge < -0.3 is 15.4 Å². The predicted octanol–water partition coefficient (Wildman–Crippen LogP) is 1.26. The number of hydrogen-bond acceptors (Lipinski definition) is 4. The van der Waals surface area contributed by atoms with Crippen LogP contribution in [-0.2, 0) is 25.5 Å². The lowest BCUT2D eigenvalue weighted by Gasteiger charge is -2.10. The average molecular weight is 304 g/mol. The first kappa shape index (κ1) is 16.0. The molecule has 1 aromatic carbocycles. The Labute approximate surface area is 129 Å². The van der Waals surface area contributed by atoms with Crippen molar-refractivity contribution in [3.63, 3.8) is 0 Å². The van der Waals surface area contributed by atoms with Crippen molar-refractivity contribution in [3.8, 4) is 0 Å². The molecule has 0 radical (unpaired) electrons. The number of rotatable bonds is 7. The third-order valence-corrected chi connectivity index (χ3v) is 3.37. The Morgan fingerprint density at radius 2 is 1.91 bits per heavy atom. The average Bonchev–Trinajstić information content (AvgIpc) is 3.36. The number of esters is 1. The number of amides is 2. The molecule has 1 aliphatic rings. The van der Waals surface area contributed by atoms with Crippen LogP contribution in [0.3, 0.4) is 0 Å². The minimum absolute atomic E-state index is 0.0401. The van der Waals surface area contributed by atoms with E-state index in [-0.39, 0.29) is 30.9 Å². The highest BCUT2D eigenvalue weighted by atomic mass is 16.5. The summed E-state index contributed by atoms with van der Waals surface area (Å²) in [5.41, 5.74) is 1.77. The van der Waals surface area contributed by atoms with Gasteiger partial charge in [-0.15, -0.1) is 0 Å². The Kier molecular flexibility index (Phi) is 5.52. The zero-order valence-electron chi connectivity index (χ0n) is 12.6. The van der Waals surface area contributed by atoms with Gasteiger partial charge in [-0.2, -0.15) is 0 Å². The third-order valence-electron chi connectivity index (χ3n) is 3.37. The standard InChI is InChI=1S/C16H20N2O4/c1-2-11-5-3-4-6-13(11)18-14(19)9-17-15(20)10-22-16(21)12-7-8-12/h3-6,12H,2,7-10H2,1H3,(H,17,20)(H,18,19). The van der Waals surface area contributed by atoms with E-state index in [1.807, 2.05) is 31.2 Å². The van der Waals surface area contributed by atoms with Crippen LogP contribution < -0.4 is 10.6 Å². The highest BCUT2D eigenvalue weighted by molar-refractivity contribution is 5.95. The molecule has 1 saturated carbocycles. The fourth-order valence-electron chi connectivity index (χ4n) is 1.95. The number of benzene rings is 1. The molecule has 0 saturated heterocycles. The van der Waals surface area contributed by atoms with Gasteiger partial charge in [0, 0.05) is 5.69 Å². The maximum absolute atomic E-state index is 11.8. The van der Waals surface area contributed by atoms with Crippen LogP contribution in [0.4, 0.5) is 5.69 Å². The number of ether oxygens (including phenoxy) is 1. The van der Waals surface area contributed by atoms with Crippen LogP contribution in [0.5, 0.6) is 0 Å². The Bertz CT molecular complexity index is 567. The molecule has 0 aliphatic heterocycles. The van der Waals surface area contributed by atoms with Crippen molar-refractivity contribution in [2.24, 2.45) is 5.92 Å². The van der Waals surface area contributed by atoms with Crippen LogP contribution in [0.1, 0.15) is 25.3 Å². The first-order chi connectivity index (χ1) is 10.6. The van der Waals surface area contributed by atoms with Gasteiger partial charge in [-0.3, -0.25) is 14.4 Å². The second-order valence-electron chi connectivity index (χ2n) is 5.22. The van der Waals surface area contributed by atoms with Gasteiger partial charge in [-0.05, 0) is 30.9 Å². The molecule has 0 bridgehead atoms. The number of aryl methyl sites for hydroxylation is 1. The summed E-state index contributed by atoms with van der Waals surface area (Å²) in [4.78, 5) is 34.6. The monoisotopic (exact) mass is 304 g/mol. The van der Waals surface area contributed by atoms with Crippen LogP contribution in [-0.4, -0.2) is 30.9 Å². The number of anilines is 1. The quantitative estimate of drug-likeness (QED) is 0.743. The Morgan fingerprint density at radius 1 is 1.18 bits per heavy atom. The van der Waals surface area contributed by atoms with Crippen LogP contribution >= 0.6 is 0 Å². The van der Waals surface area contributed by atoms with Crippen molar-refractivity contribution in [1.82, 2.24) is 5.32 Å². The summed E-state index contributed by atoms with van der Waals surface area (Å²) in [5, 5.41) is 5.18. The van der Waals surface area contributed by atoms with E-state index in [1.54, 1.807) is 0 Å². The lowest BCUT2D eigenvalue weighted by Crippen LogP contribution is -2.35. The minimum Gasteiger partial charge on any atom is -0.455 e. The highest BCUT2D eigenvalue weighted by Crippen LogP contribution is 2.29. The number of carbonyl (C=O) groups is 3. The van der Waals surface area contributed by atoms with Crippen molar-refractivity contribution >= 4 is 23.5 Å². The van der Waals surface area contributed by atoms with Gasteiger partial charge in [0.1, 0.15) is 0 Å². The first-order valence-corrected chi connectivity index (χ1v) is 7.41. The molecule has 118 valence electrons. The van der Waals surface area contributed by atoms with Crippen LogP contribution in [0.15, 0.2) is 24.3 Å². The molecule has 1 aliphatic carbocycles. The number of carbonyl (C=O) groups excluding carboxylic acids is 3. The summed E-state index contributed by atoms with van der Waals surface area (Å²) in [7, 11) is 0. The number of hydrogen-bond donors (Lipinski definition) is 2. The van der Waals surface area contributed by atoms with Gasteiger partial charge in [-0.25, -0.2) is 0 Å². The second kappa shape index (κ2) is 7.59. The normalized spacial score (nSPS) is 13.3. The molecule has 6 nitrogen and oxygen atoms in total. The molecule has 0 aromatic heterocycles. The van der Waals surface area contributed by atoms with E-state index in [1.165, 1.54) is 0 Å². The topological polar surface area (TPSA) is 84.5 Å². The van der Waals surface area contributed by atoms with Crippen LogP contribution in [0, 0.1) is 5.92 Å². The molecule has 0 heterocycles. The summed E-state index contributed by atoms with van der Waals surface area (Å²) in [6, 6.07) is 7.50. The molecule has 2 amide bonds. The summed E-state index contributed by atoms with van der Waals surface area (Å²) in [5.74, 6) is -1.17. The molecule has 1 fully saturated rings. The largest absolute Gasteiger partial charge is 0.455 e. The van der Waals surface area contributed by atoms with E-state index < -0.39 is 5.91 Å². The van der Waals surface area contributed by atoms with Crippen molar-refractivity contribution in [2.45, 2.75) is 26.2 Å². The van der Waals surface area contributed by atoms with E-state index >= 15 is 0 Å². The zero-order valence-corrected chi connectivity index (χ0v) is 12.6. The highest BCUT2D eigenvalue weighted by Gasteiger charge is 2.31. The van der Waals surface area contributed by atoms with Gasteiger partial charge in [0.15, 0.2) is 6.61 Å². The van der Waals surface area contributed by atoms with Gasteiger partial charge in [-0.1, -0.05) is 25.1 Å². The Morgan fingerprint density at radius 3 is 2.59 bits per heavy atom. The number of nitrogens with one attached hydrogen (secondary N) is 2. The maximum Gasteiger partial charge on any atom is 0.309 e. The van der Waals surface area contributed by atoms with Crippen LogP contribution in [0.2, 0.25) is 0 Å². The van der Waals surface area contributed by atoms with Crippen molar-refractivity contribution in [3.05, 3.63) is 29.8 Å². The maximum atomic E-state index is 11.8. The molecule has 22 heavy (non-hydrogen) atoms. The van der Waals surface area contributed by atoms with Gasteiger partial charge in [0.25, 0.3) is 5.91 Å². The summed E-state index contributed by atoms with van der Waals surface area (Å²) >= 11 is 0. The zero-order chi connectivity index (χ0) is 15.9. The van der Waals surface area contributed by atoms with E-state index in [0.29, 0.717) is 0 Å². The Hall–Kier alpha value is -2.37. The predicted molar refractivity (Wildman–Crippen MR) is 81.1 cm³/mol. The number of para-hydroxylation sites is 1. The lowest BCUT2D eigenvalue weighted by molar-refractivity contribution is -0.149. The van der Waals surface area contributed by atoms with Gasteiger partial charge >= 0.3 is 5.97 Å². The summed E-state index contributed by atoms with van der Waals surface area (Å²) < 4.78 is 4.83. The van der Waals surface area contributed by atoms with E-state index in [9.17, 15) is 14.4 Å². The van der Waals surface area contributed by atoms with E-state index in [0.717, 1.165) is 30.5 Å². The van der Waals surface area contributed by atoms with Crippen molar-refractivity contribution < 1.29 is 19.1 Å². The first-order valence-electron chi connectivity index (χ1n) is 7.41. The summed E-state index contributed by atoms with van der Waals surface area (Å²) in [6.07, 6.45) is 2.47. The molecule has 0 atom stereocenters. The van der Waals surface area contributed by atoms with E-state index in [4.69, 9.17) is 4.74 Å². The smallest absolute Gasteiger partial charge is 0.309 e. The second-order valence-corrected chi connectivity index (χ2v) is 5.22. The molecule has 0 spiro atoms. The summed E-state index contributed by atoms with van der Waals surface area (Å²) in [6.45, 7) is 1.51. The molecular weight excluding hydrogens is 284 g/mol. The molecule has 0 unspecified atom stereocenters. The van der Waals surface area contributed by atoms with Crippen molar-refractivity contribution in [1.29, 1.82) is 0 Å². The minimum atomic E-state index is -0.479. The molecule has 2 rings (SSSR count). The fourth-order valence-corrected chi connectivity index (χ4v) is 1.95.